The number of carbonyl (C=O) groups excluding carboxylic acids is 2. The molecule has 1 aliphatic heterocycles. The lowest BCUT2D eigenvalue weighted by Gasteiger charge is -2.14. The number of aromatic amines is 2. The first kappa shape index (κ1) is 24.9. The number of halogens is 1. The number of aliphatic imine (C=N–C) groups is 1. The molecule has 186 valence electrons. The summed E-state index contributed by atoms with van der Waals surface area (Å²) in [7, 11) is 0. The van der Waals surface area contributed by atoms with Crippen LogP contribution in [-0.2, 0) is 9.59 Å². The lowest BCUT2D eigenvalue weighted by Crippen LogP contribution is -2.29. The Balaban J connectivity index is 1.58. The van der Waals surface area contributed by atoms with Crippen molar-refractivity contribution in [2.75, 3.05) is 5.32 Å². The number of thioether (sulfide) groups is 1. The largest absolute Gasteiger partial charge is 0.494 e. The molecule has 0 aliphatic carbocycles. The zero-order chi connectivity index (χ0) is 26.0. The van der Waals surface area contributed by atoms with Crippen molar-refractivity contribution in [1.29, 1.82) is 0 Å². The van der Waals surface area contributed by atoms with Crippen LogP contribution < -0.4 is 21.9 Å². The van der Waals surface area contributed by atoms with E-state index in [4.69, 9.17) is 0 Å². The van der Waals surface area contributed by atoms with Crippen molar-refractivity contribution in [3.8, 4) is 5.88 Å². The third-order valence-corrected chi connectivity index (χ3v) is 6.70. The van der Waals surface area contributed by atoms with Crippen LogP contribution in [0.25, 0.3) is 0 Å². The summed E-state index contributed by atoms with van der Waals surface area (Å²) < 4.78 is 13.5. The fraction of sp³-hybridized carbons (Fsp3) is 0.208. The van der Waals surface area contributed by atoms with E-state index in [1.807, 2.05) is 31.0 Å². The van der Waals surface area contributed by atoms with E-state index in [0.29, 0.717) is 11.3 Å². The Bertz CT molecular complexity index is 1480. The Morgan fingerprint density at radius 3 is 2.50 bits per heavy atom. The molecule has 5 N–H and O–H groups in total. The second-order valence-electron chi connectivity index (χ2n) is 8.21. The number of hydrogen-bond acceptors (Lipinski definition) is 7. The van der Waals surface area contributed by atoms with Gasteiger partial charge < -0.3 is 15.7 Å². The molecule has 0 spiro atoms. The molecule has 2 heterocycles. The first-order valence-corrected chi connectivity index (χ1v) is 11.7. The Morgan fingerprint density at radius 2 is 1.83 bits per heavy atom. The molecule has 1 saturated heterocycles. The number of amidine groups is 1. The molecular formula is C24H22FN5O5S. The van der Waals surface area contributed by atoms with Crippen LogP contribution in [0.4, 0.5) is 10.1 Å². The minimum Gasteiger partial charge on any atom is -0.494 e. The van der Waals surface area contributed by atoms with E-state index >= 15 is 0 Å². The Morgan fingerprint density at radius 1 is 1.11 bits per heavy atom. The molecule has 0 unspecified atom stereocenters. The van der Waals surface area contributed by atoms with Crippen LogP contribution in [-0.4, -0.2) is 37.3 Å². The topological polar surface area (TPSA) is 157 Å². The fourth-order valence-corrected chi connectivity index (χ4v) is 4.60. The molecule has 4 rings (SSSR count). The highest BCUT2D eigenvalue weighted by atomic mass is 32.2. The lowest BCUT2D eigenvalue weighted by molar-refractivity contribution is -0.122. The van der Waals surface area contributed by atoms with E-state index in [2.05, 4.69) is 20.6 Å². The van der Waals surface area contributed by atoms with Crippen LogP contribution in [0.15, 0.2) is 57.0 Å². The Hall–Kier alpha value is -4.19. The Kier molecular flexibility index (Phi) is 7.06. The van der Waals surface area contributed by atoms with E-state index in [0.717, 1.165) is 35.0 Å². The lowest BCUT2D eigenvalue weighted by atomic mass is 10.0. The van der Waals surface area contributed by atoms with Crippen molar-refractivity contribution in [2.24, 2.45) is 4.99 Å². The van der Waals surface area contributed by atoms with E-state index < -0.39 is 40.1 Å². The maximum absolute atomic E-state index is 13.5. The summed E-state index contributed by atoms with van der Waals surface area (Å²) in [6, 6.07) is 9.35. The standard InChI is InChI=1S/C24H22FN5O5S/c1-11-3-8-15(9-12(11)2)26-17(31)10-16-20(32)30-24(36-16)27-19(13-4-6-14(25)7-5-13)18-21(33)28-23(35)29-22(18)34/h3-9,16,19H,10H2,1-2H3,(H,26,31)(H,27,30,32)(H3,28,29,33,34,35)/t16-,19+/m0/s1. The summed E-state index contributed by atoms with van der Waals surface area (Å²) in [4.78, 5) is 57.6. The summed E-state index contributed by atoms with van der Waals surface area (Å²) in [6.45, 7) is 3.89. The number of aromatic hydroxyl groups is 1. The van der Waals surface area contributed by atoms with Crippen molar-refractivity contribution in [2.45, 2.75) is 31.6 Å². The molecule has 2 amide bonds. The molecule has 12 heteroatoms. The highest BCUT2D eigenvalue weighted by Crippen LogP contribution is 2.32. The van der Waals surface area contributed by atoms with Crippen molar-refractivity contribution in [3.63, 3.8) is 0 Å². The fourth-order valence-electron chi connectivity index (χ4n) is 3.61. The molecule has 1 fully saturated rings. The van der Waals surface area contributed by atoms with Crippen LogP contribution in [0.2, 0.25) is 0 Å². The summed E-state index contributed by atoms with van der Waals surface area (Å²) in [5.41, 5.74) is 0.940. The number of rotatable bonds is 6. The van der Waals surface area contributed by atoms with Gasteiger partial charge in [0.15, 0.2) is 5.17 Å². The molecule has 1 aliphatic rings. The van der Waals surface area contributed by atoms with Gasteiger partial charge >= 0.3 is 5.69 Å². The van der Waals surface area contributed by atoms with Gasteiger partial charge in [-0.25, -0.2) is 14.2 Å². The molecule has 0 bridgehead atoms. The number of aryl methyl sites for hydroxylation is 2. The molecular weight excluding hydrogens is 489 g/mol. The summed E-state index contributed by atoms with van der Waals surface area (Å²) in [6.07, 6.45) is -0.131. The van der Waals surface area contributed by atoms with Gasteiger partial charge in [0.05, 0.1) is 0 Å². The molecule has 2 aromatic carbocycles. The number of nitrogens with one attached hydrogen (secondary N) is 4. The minimum atomic E-state index is -1.18. The quantitative estimate of drug-likeness (QED) is 0.342. The SMILES string of the molecule is Cc1ccc(NC(=O)C[C@@H]2SC(=N[C@H](c3ccc(F)cc3)c3c(O)[nH]c(=O)[nH]c3=O)NC2=O)cc1C. The molecule has 36 heavy (non-hydrogen) atoms. The molecule has 2 atom stereocenters. The number of amides is 2. The minimum absolute atomic E-state index is 0.100. The van der Waals surface area contributed by atoms with Crippen molar-refractivity contribution < 1.29 is 19.1 Å². The van der Waals surface area contributed by atoms with E-state index in [1.54, 1.807) is 6.07 Å². The van der Waals surface area contributed by atoms with Crippen molar-refractivity contribution >= 4 is 34.4 Å². The van der Waals surface area contributed by atoms with Crippen molar-refractivity contribution in [3.05, 3.63) is 91.4 Å². The number of nitrogens with zero attached hydrogens (tertiary/aromatic N) is 1. The third-order valence-electron chi connectivity index (χ3n) is 5.60. The zero-order valence-electron chi connectivity index (χ0n) is 19.2. The van der Waals surface area contributed by atoms with Gasteiger partial charge in [-0.15, -0.1) is 0 Å². The van der Waals surface area contributed by atoms with E-state index in [9.17, 15) is 28.7 Å². The second-order valence-corrected chi connectivity index (χ2v) is 9.40. The smallest absolute Gasteiger partial charge is 0.328 e. The van der Waals surface area contributed by atoms with Gasteiger partial charge in [0, 0.05) is 12.1 Å². The van der Waals surface area contributed by atoms with Crippen LogP contribution >= 0.6 is 11.8 Å². The van der Waals surface area contributed by atoms with Crippen LogP contribution in [0.1, 0.15) is 34.7 Å². The summed E-state index contributed by atoms with van der Waals surface area (Å²) >= 11 is 0.988. The molecule has 0 saturated carbocycles. The van der Waals surface area contributed by atoms with Gasteiger partial charge in [-0.2, -0.15) is 0 Å². The number of aromatic nitrogens is 2. The van der Waals surface area contributed by atoms with Crippen LogP contribution in [0.5, 0.6) is 5.88 Å². The zero-order valence-corrected chi connectivity index (χ0v) is 20.0. The predicted molar refractivity (Wildman–Crippen MR) is 134 cm³/mol. The summed E-state index contributed by atoms with van der Waals surface area (Å²) in [5, 5.41) is 14.9. The van der Waals surface area contributed by atoms with E-state index in [1.165, 1.54) is 12.1 Å². The maximum Gasteiger partial charge on any atom is 0.328 e. The predicted octanol–water partition coefficient (Wildman–Crippen LogP) is 2.23. The first-order valence-electron chi connectivity index (χ1n) is 10.8. The van der Waals surface area contributed by atoms with Crippen molar-refractivity contribution in [1.82, 2.24) is 15.3 Å². The van der Waals surface area contributed by atoms with Crippen LogP contribution in [0, 0.1) is 19.7 Å². The van der Waals surface area contributed by atoms with Gasteiger partial charge in [-0.05, 0) is 54.8 Å². The normalized spacial score (nSPS) is 17.1. The maximum atomic E-state index is 13.5. The number of carbonyl (C=O) groups is 2. The average molecular weight is 512 g/mol. The number of benzene rings is 2. The third kappa shape index (κ3) is 5.54. The van der Waals surface area contributed by atoms with Crippen LogP contribution in [0.3, 0.4) is 0 Å². The second kappa shape index (κ2) is 10.2. The monoisotopic (exact) mass is 511 g/mol. The van der Waals surface area contributed by atoms with Gasteiger partial charge in [0.25, 0.3) is 5.56 Å². The highest BCUT2D eigenvalue weighted by molar-refractivity contribution is 8.15. The molecule has 1 aromatic heterocycles. The molecule has 10 nitrogen and oxygen atoms in total. The molecule has 0 radical (unpaired) electrons. The highest BCUT2D eigenvalue weighted by Gasteiger charge is 2.33. The van der Waals surface area contributed by atoms with Gasteiger partial charge in [-0.3, -0.25) is 24.4 Å². The van der Waals surface area contributed by atoms with Gasteiger partial charge in [0.1, 0.15) is 22.7 Å². The number of anilines is 1. The van der Waals surface area contributed by atoms with E-state index in [-0.39, 0.29) is 23.1 Å². The summed E-state index contributed by atoms with van der Waals surface area (Å²) in [5.74, 6) is -2.05. The first-order chi connectivity index (χ1) is 17.1. The van der Waals surface area contributed by atoms with Gasteiger partial charge in [-0.1, -0.05) is 30.0 Å². The average Bonchev–Trinajstić information content (AvgIpc) is 3.14. The number of hydrogen-bond donors (Lipinski definition) is 5. The molecule has 3 aromatic rings. The van der Waals surface area contributed by atoms with Gasteiger partial charge in [0.2, 0.25) is 17.7 Å². The Labute approximate surface area is 208 Å². The number of H-pyrrole nitrogens is 2.